The summed E-state index contributed by atoms with van der Waals surface area (Å²) in [6, 6.07) is 7.45. The fraction of sp³-hybridized carbons (Fsp3) is 0.500. The molecule has 1 saturated heterocycles. The summed E-state index contributed by atoms with van der Waals surface area (Å²) in [7, 11) is 0. The molecule has 2 aromatic rings. The van der Waals surface area contributed by atoms with Gasteiger partial charge in [0, 0.05) is 23.6 Å². The summed E-state index contributed by atoms with van der Waals surface area (Å²) in [4.78, 5) is 6.95. The summed E-state index contributed by atoms with van der Waals surface area (Å²) in [5.41, 5.74) is 0.907. The Kier molecular flexibility index (Phi) is 4.56. The van der Waals surface area contributed by atoms with Gasteiger partial charge in [-0.15, -0.1) is 0 Å². The van der Waals surface area contributed by atoms with Crippen molar-refractivity contribution in [3.8, 4) is 11.5 Å². The number of hydrogen-bond acceptors (Lipinski definition) is 4. The fourth-order valence-corrected chi connectivity index (χ4v) is 2.73. The van der Waals surface area contributed by atoms with E-state index in [1.165, 1.54) is 25.9 Å². The third kappa shape index (κ3) is 3.83. The lowest BCUT2D eigenvalue weighted by Gasteiger charge is -2.29. The Balaban J connectivity index is 1.56. The Morgan fingerprint density at radius 3 is 2.67 bits per heavy atom. The average Bonchev–Trinajstić information content (AvgIpc) is 2.96. The maximum atomic E-state index is 5.88. The standard InChI is InChI=1S/C16H20ClN3O/c1-12-6-9-20(10-7-12)11-8-15-18-16(21-19-15)13-2-4-14(17)5-3-13/h2-5,12H,6-11H2,1H3. The Bertz CT molecular complexity index is 573. The van der Waals surface area contributed by atoms with Crippen LogP contribution in [0.1, 0.15) is 25.6 Å². The van der Waals surface area contributed by atoms with Crippen molar-refractivity contribution < 1.29 is 4.52 Å². The zero-order valence-corrected chi connectivity index (χ0v) is 13.0. The summed E-state index contributed by atoms with van der Waals surface area (Å²) in [6.45, 7) is 5.70. The summed E-state index contributed by atoms with van der Waals surface area (Å²) in [6.07, 6.45) is 3.43. The molecule has 2 heterocycles. The van der Waals surface area contributed by atoms with Crippen LogP contribution >= 0.6 is 11.6 Å². The van der Waals surface area contributed by atoms with Gasteiger partial charge in [-0.1, -0.05) is 23.7 Å². The third-order valence-corrected chi connectivity index (χ3v) is 4.34. The number of hydrogen-bond donors (Lipinski definition) is 0. The van der Waals surface area contributed by atoms with E-state index >= 15 is 0 Å². The molecular weight excluding hydrogens is 286 g/mol. The monoisotopic (exact) mass is 305 g/mol. The zero-order valence-electron chi connectivity index (χ0n) is 12.3. The summed E-state index contributed by atoms with van der Waals surface area (Å²) >= 11 is 5.88. The van der Waals surface area contributed by atoms with Crippen LogP contribution in [-0.4, -0.2) is 34.7 Å². The van der Waals surface area contributed by atoms with E-state index in [1.807, 2.05) is 24.3 Å². The first kappa shape index (κ1) is 14.5. The normalized spacial score (nSPS) is 17.2. The van der Waals surface area contributed by atoms with E-state index in [0.29, 0.717) is 10.9 Å². The predicted octanol–water partition coefficient (Wildman–Crippen LogP) is 3.66. The van der Waals surface area contributed by atoms with E-state index in [1.54, 1.807) is 0 Å². The first-order valence-corrected chi connectivity index (χ1v) is 7.89. The molecule has 0 N–H and O–H groups in total. The van der Waals surface area contributed by atoms with Crippen molar-refractivity contribution in [1.29, 1.82) is 0 Å². The zero-order chi connectivity index (χ0) is 14.7. The van der Waals surface area contributed by atoms with Gasteiger partial charge in [-0.25, -0.2) is 0 Å². The highest BCUT2D eigenvalue weighted by molar-refractivity contribution is 6.30. The second-order valence-electron chi connectivity index (χ2n) is 5.80. The maximum Gasteiger partial charge on any atom is 0.257 e. The van der Waals surface area contributed by atoms with Crippen molar-refractivity contribution in [2.75, 3.05) is 19.6 Å². The minimum atomic E-state index is 0.564. The molecule has 0 atom stereocenters. The molecule has 1 aromatic heterocycles. The van der Waals surface area contributed by atoms with Crippen LogP contribution in [-0.2, 0) is 6.42 Å². The molecule has 5 heteroatoms. The molecule has 0 amide bonds. The van der Waals surface area contributed by atoms with Crippen LogP contribution in [0.25, 0.3) is 11.5 Å². The van der Waals surface area contributed by atoms with E-state index in [-0.39, 0.29) is 0 Å². The van der Waals surface area contributed by atoms with Crippen LogP contribution < -0.4 is 0 Å². The van der Waals surface area contributed by atoms with Crippen LogP contribution in [0.5, 0.6) is 0 Å². The molecule has 0 bridgehead atoms. The summed E-state index contributed by atoms with van der Waals surface area (Å²) in [5.74, 6) is 2.20. The molecular formula is C16H20ClN3O. The molecule has 0 aliphatic carbocycles. The molecule has 1 aliphatic rings. The molecule has 1 aliphatic heterocycles. The van der Waals surface area contributed by atoms with Crippen molar-refractivity contribution in [2.45, 2.75) is 26.2 Å². The minimum Gasteiger partial charge on any atom is -0.334 e. The van der Waals surface area contributed by atoms with Crippen molar-refractivity contribution in [3.63, 3.8) is 0 Å². The van der Waals surface area contributed by atoms with Gasteiger partial charge in [0.05, 0.1) is 0 Å². The summed E-state index contributed by atoms with van der Waals surface area (Å²) < 4.78 is 5.32. The smallest absolute Gasteiger partial charge is 0.257 e. The number of piperidine rings is 1. The minimum absolute atomic E-state index is 0.564. The topological polar surface area (TPSA) is 42.2 Å². The lowest BCUT2D eigenvalue weighted by Crippen LogP contribution is -2.34. The number of benzene rings is 1. The van der Waals surface area contributed by atoms with Gasteiger partial charge in [-0.05, 0) is 56.1 Å². The number of rotatable bonds is 4. The Morgan fingerprint density at radius 1 is 1.24 bits per heavy atom. The number of aromatic nitrogens is 2. The van der Waals surface area contributed by atoms with Crippen molar-refractivity contribution in [1.82, 2.24) is 15.0 Å². The molecule has 3 rings (SSSR count). The van der Waals surface area contributed by atoms with E-state index in [0.717, 1.165) is 30.3 Å². The second-order valence-corrected chi connectivity index (χ2v) is 6.23. The van der Waals surface area contributed by atoms with Gasteiger partial charge in [0.2, 0.25) is 0 Å². The molecule has 0 spiro atoms. The SMILES string of the molecule is CC1CCN(CCc2noc(-c3ccc(Cl)cc3)n2)CC1. The highest BCUT2D eigenvalue weighted by atomic mass is 35.5. The van der Waals surface area contributed by atoms with Crippen molar-refractivity contribution in [3.05, 3.63) is 35.1 Å². The molecule has 0 saturated carbocycles. The van der Waals surface area contributed by atoms with Crippen molar-refractivity contribution in [2.24, 2.45) is 5.92 Å². The van der Waals surface area contributed by atoms with Gasteiger partial charge in [-0.2, -0.15) is 4.98 Å². The maximum absolute atomic E-state index is 5.88. The molecule has 1 aromatic carbocycles. The Labute approximate surface area is 130 Å². The van der Waals surface area contributed by atoms with Gasteiger partial charge in [0.15, 0.2) is 5.82 Å². The van der Waals surface area contributed by atoms with E-state index < -0.39 is 0 Å². The summed E-state index contributed by atoms with van der Waals surface area (Å²) in [5, 5.41) is 4.77. The van der Waals surface area contributed by atoms with Gasteiger partial charge in [0.25, 0.3) is 5.89 Å². The van der Waals surface area contributed by atoms with Crippen LogP contribution in [0.4, 0.5) is 0 Å². The number of likely N-dealkylation sites (tertiary alicyclic amines) is 1. The van der Waals surface area contributed by atoms with Crippen LogP contribution in [0.15, 0.2) is 28.8 Å². The molecule has 112 valence electrons. The highest BCUT2D eigenvalue weighted by Gasteiger charge is 2.16. The first-order valence-electron chi connectivity index (χ1n) is 7.51. The lowest BCUT2D eigenvalue weighted by atomic mass is 9.99. The van der Waals surface area contributed by atoms with E-state index in [9.17, 15) is 0 Å². The molecule has 0 unspecified atom stereocenters. The Hall–Kier alpha value is -1.39. The largest absolute Gasteiger partial charge is 0.334 e. The van der Waals surface area contributed by atoms with Gasteiger partial charge < -0.3 is 9.42 Å². The fourth-order valence-electron chi connectivity index (χ4n) is 2.61. The number of nitrogens with zero attached hydrogens (tertiary/aromatic N) is 3. The van der Waals surface area contributed by atoms with E-state index in [4.69, 9.17) is 16.1 Å². The average molecular weight is 306 g/mol. The lowest BCUT2D eigenvalue weighted by molar-refractivity contribution is 0.193. The molecule has 0 radical (unpaired) electrons. The van der Waals surface area contributed by atoms with Crippen LogP contribution in [0, 0.1) is 5.92 Å². The number of halogens is 1. The van der Waals surface area contributed by atoms with Gasteiger partial charge >= 0.3 is 0 Å². The van der Waals surface area contributed by atoms with Gasteiger partial charge in [-0.3, -0.25) is 0 Å². The second kappa shape index (κ2) is 6.58. The third-order valence-electron chi connectivity index (χ3n) is 4.09. The van der Waals surface area contributed by atoms with Crippen LogP contribution in [0.3, 0.4) is 0 Å². The van der Waals surface area contributed by atoms with Crippen molar-refractivity contribution >= 4 is 11.6 Å². The van der Waals surface area contributed by atoms with Crippen LogP contribution in [0.2, 0.25) is 5.02 Å². The predicted molar refractivity (Wildman–Crippen MR) is 83.3 cm³/mol. The molecule has 21 heavy (non-hydrogen) atoms. The first-order chi connectivity index (χ1) is 10.2. The quantitative estimate of drug-likeness (QED) is 0.864. The molecule has 1 fully saturated rings. The van der Waals surface area contributed by atoms with Gasteiger partial charge in [0.1, 0.15) is 0 Å². The van der Waals surface area contributed by atoms with E-state index in [2.05, 4.69) is 22.0 Å². The Morgan fingerprint density at radius 2 is 1.95 bits per heavy atom. The molecule has 4 nitrogen and oxygen atoms in total. The highest BCUT2D eigenvalue weighted by Crippen LogP contribution is 2.20.